The average Bonchev–Trinajstić information content (AvgIpc) is 3.72. The van der Waals surface area contributed by atoms with Crippen LogP contribution in [0.3, 0.4) is 0 Å². The fourth-order valence-electron chi connectivity index (χ4n) is 3.65. The molecule has 4 aromatic heterocycles. The molecule has 17 nitrogen and oxygen atoms in total. The van der Waals surface area contributed by atoms with Gasteiger partial charge in [0, 0.05) is 45.7 Å². The normalized spacial score (nSPS) is 10.4. The predicted molar refractivity (Wildman–Crippen MR) is 221 cm³/mol. The maximum atomic E-state index is 13.3. The Labute approximate surface area is 355 Å². The number of aromatic amines is 4. The van der Waals surface area contributed by atoms with E-state index in [9.17, 15) is 27.6 Å². The molecule has 0 radical (unpaired) electrons. The molecule has 0 bridgehead atoms. The van der Waals surface area contributed by atoms with E-state index < -0.39 is 34.1 Å². The molecule has 5 rings (SSSR count). The van der Waals surface area contributed by atoms with E-state index in [0.29, 0.717) is 22.1 Å². The molecular weight excluding hydrogens is 888 g/mol. The monoisotopic (exact) mass is 927 g/mol. The molecule has 58 heavy (non-hydrogen) atoms. The van der Waals surface area contributed by atoms with Gasteiger partial charge in [-0.1, -0.05) is 51.0 Å². The zero-order chi connectivity index (χ0) is 41.5. The van der Waals surface area contributed by atoms with Gasteiger partial charge in [0.15, 0.2) is 23.3 Å². The lowest BCUT2D eigenvalue weighted by molar-refractivity contribution is 0.109. The molecule has 0 unspecified atom stereocenters. The van der Waals surface area contributed by atoms with E-state index in [4.69, 9.17) is 32.4 Å². The topological polar surface area (TPSA) is 274 Å². The van der Waals surface area contributed by atoms with Crippen LogP contribution in [0.2, 0.25) is 0 Å². The number of pyridine rings is 3. The molecule has 1 aliphatic heterocycles. The van der Waals surface area contributed by atoms with E-state index in [0.717, 1.165) is 49.8 Å². The molecule has 5 N–H and O–H groups in total. The van der Waals surface area contributed by atoms with Crippen LogP contribution in [0.1, 0.15) is 61.5 Å². The van der Waals surface area contributed by atoms with E-state index in [1.165, 1.54) is 20.8 Å². The van der Waals surface area contributed by atoms with Crippen LogP contribution < -0.4 is 22.0 Å². The van der Waals surface area contributed by atoms with Gasteiger partial charge in [0.1, 0.15) is 18.2 Å². The van der Waals surface area contributed by atoms with Crippen molar-refractivity contribution >= 4 is 52.1 Å². The summed E-state index contributed by atoms with van der Waals surface area (Å²) < 4.78 is 44.3. The number of halogens is 4. The number of alkyl halides is 1. The fourth-order valence-corrected chi connectivity index (χ4v) is 5.59. The van der Waals surface area contributed by atoms with Crippen molar-refractivity contribution in [1.29, 1.82) is 21.0 Å². The highest BCUT2D eigenvalue weighted by molar-refractivity contribution is 9.09. The Morgan fingerprint density at radius 2 is 1.24 bits per heavy atom. The maximum absolute atomic E-state index is 13.3. The van der Waals surface area contributed by atoms with Crippen LogP contribution in [-0.4, -0.2) is 73.1 Å². The molecule has 0 aromatic carbocycles. The van der Waals surface area contributed by atoms with Crippen molar-refractivity contribution in [2.24, 2.45) is 0 Å². The third-order valence-corrected chi connectivity index (χ3v) is 8.80. The molecule has 0 aliphatic carbocycles. The minimum atomic E-state index is -0.951. The molecule has 0 spiro atoms. The summed E-state index contributed by atoms with van der Waals surface area (Å²) in [7, 11) is 0. The van der Waals surface area contributed by atoms with E-state index in [2.05, 4.69) is 74.3 Å². The van der Waals surface area contributed by atoms with Crippen molar-refractivity contribution in [3.05, 3.63) is 99.1 Å². The Bertz CT molecular complexity index is 2290. The van der Waals surface area contributed by atoms with Crippen LogP contribution in [0.4, 0.5) is 13.2 Å². The summed E-state index contributed by atoms with van der Waals surface area (Å²) >= 11 is 8.85. The standard InChI is InChI=1S/C9H7FN6OS.C9H6FN3OS.C7H5FN2OS.C4H9NO.C2H2BrN.3CH4/c1-4-5(2-11)9(12-8(17)7(4)10)18-3-6-13-15-16-14-6;1-5-6(4-12)9(15-3-2-11)13-8(14)7(5)10;1-3-4(2-9)7(12)10-6(11)5(3)8;1-3-6-4-2-5-1;1-4-2-3;;;/h3H2,1H3,(H,12,17)(H,13,14,15,16);3H2,1H3,(H,13,14);1H3,(H2,10,11,12);5H,1-4H2;2H2;3*1H4. The number of thioether (sulfide) groups is 2. The zero-order valence-corrected chi connectivity index (χ0v) is 33.0. The number of nitrogens with one attached hydrogen (secondary N) is 5. The number of tetrazole rings is 1. The number of aromatic nitrogens is 7. The van der Waals surface area contributed by atoms with E-state index in [1.807, 2.05) is 12.1 Å². The molecular formula is C34H41BrF3N13O4S3. The lowest BCUT2D eigenvalue weighted by Gasteiger charge is -2.10. The van der Waals surface area contributed by atoms with Gasteiger partial charge in [-0.05, 0) is 20.8 Å². The number of rotatable bonds is 5. The van der Waals surface area contributed by atoms with Gasteiger partial charge in [-0.2, -0.15) is 26.3 Å². The van der Waals surface area contributed by atoms with Crippen LogP contribution in [0, 0.1) is 90.1 Å². The number of nitriles is 4. The molecule has 0 saturated carbocycles. The third-order valence-electron chi connectivity index (χ3n) is 6.35. The molecule has 1 saturated heterocycles. The first kappa shape index (κ1) is 56.9. The van der Waals surface area contributed by atoms with Gasteiger partial charge in [0.05, 0.1) is 62.6 Å². The smallest absolute Gasteiger partial charge is 0.285 e. The molecule has 5 heterocycles. The first-order valence-corrected chi connectivity index (χ1v) is 18.5. The lowest BCUT2D eigenvalue weighted by atomic mass is 10.2. The molecule has 0 amide bonds. The van der Waals surface area contributed by atoms with Gasteiger partial charge < -0.3 is 29.9 Å². The Hall–Kier alpha value is -5.39. The summed E-state index contributed by atoms with van der Waals surface area (Å²) in [4.78, 5) is 42.6. The van der Waals surface area contributed by atoms with Crippen LogP contribution in [0.25, 0.3) is 4.85 Å². The van der Waals surface area contributed by atoms with Crippen LogP contribution in [-0.2, 0) is 10.5 Å². The van der Waals surface area contributed by atoms with Crippen molar-refractivity contribution in [1.82, 2.24) is 40.9 Å². The molecule has 1 aliphatic rings. The van der Waals surface area contributed by atoms with Crippen molar-refractivity contribution in [2.75, 3.05) is 37.5 Å². The van der Waals surface area contributed by atoms with Gasteiger partial charge >= 0.3 is 0 Å². The highest BCUT2D eigenvalue weighted by Crippen LogP contribution is 2.24. The van der Waals surface area contributed by atoms with Gasteiger partial charge in [-0.3, -0.25) is 14.4 Å². The lowest BCUT2D eigenvalue weighted by Crippen LogP contribution is -2.30. The first-order valence-electron chi connectivity index (χ1n) is 14.9. The average molecular weight is 929 g/mol. The zero-order valence-electron chi connectivity index (χ0n) is 28.9. The second kappa shape index (κ2) is 30.7. The summed E-state index contributed by atoms with van der Waals surface area (Å²) in [5, 5.41) is 51.6. The highest BCUT2D eigenvalue weighted by Gasteiger charge is 2.16. The van der Waals surface area contributed by atoms with Crippen molar-refractivity contribution in [3.63, 3.8) is 0 Å². The summed E-state index contributed by atoms with van der Waals surface area (Å²) in [6.45, 7) is 14.0. The van der Waals surface area contributed by atoms with Crippen molar-refractivity contribution in [3.8, 4) is 24.3 Å². The third kappa shape index (κ3) is 17.8. The first-order chi connectivity index (χ1) is 26.2. The summed E-state index contributed by atoms with van der Waals surface area (Å²) in [6, 6.07) is 7.27. The highest BCUT2D eigenvalue weighted by atomic mass is 79.9. The van der Waals surface area contributed by atoms with Gasteiger partial charge in [-0.25, -0.2) is 19.7 Å². The molecule has 4 aromatic rings. The second-order valence-corrected chi connectivity index (χ2v) is 12.8. The quantitative estimate of drug-likeness (QED) is 0.0470. The van der Waals surface area contributed by atoms with Crippen molar-refractivity contribution < 1.29 is 17.9 Å². The minimum absolute atomic E-state index is 0. The molecule has 312 valence electrons. The molecule has 24 heteroatoms. The summed E-state index contributed by atoms with van der Waals surface area (Å²) in [5.41, 5.74) is -1.80. The minimum Gasteiger partial charge on any atom is -0.379 e. The van der Waals surface area contributed by atoms with E-state index in [1.54, 1.807) is 12.1 Å². The molecule has 1 fully saturated rings. The van der Waals surface area contributed by atoms with Crippen LogP contribution in [0.5, 0.6) is 0 Å². The Morgan fingerprint density at radius 3 is 1.59 bits per heavy atom. The number of ether oxygens (including phenoxy) is 1. The van der Waals surface area contributed by atoms with E-state index >= 15 is 0 Å². The van der Waals surface area contributed by atoms with Crippen LogP contribution >= 0.6 is 52.1 Å². The number of nitrogens with zero attached hydrogens (tertiary/aromatic N) is 8. The Morgan fingerprint density at radius 1 is 0.810 bits per heavy atom. The Kier molecular flexibility index (Phi) is 30.1. The SMILES string of the molecule is C.C.C.C1COCCN1.Cc1c(C#N)c(S)[nH]c(=O)c1F.Cc1c(C#N)c(SCC#N)[nH]c(=O)c1F.Cc1c(C#N)c(SCc2nn[nH]n2)[nH]c(=O)c1F.[C-]#[N+]CBr. The second-order valence-electron chi connectivity index (χ2n) is 9.85. The van der Waals surface area contributed by atoms with Gasteiger partial charge in [0.2, 0.25) is 0 Å². The van der Waals surface area contributed by atoms with Gasteiger partial charge in [0.25, 0.3) is 22.1 Å². The number of hydrogen-bond donors (Lipinski definition) is 6. The van der Waals surface area contributed by atoms with Gasteiger partial charge in [-0.15, -0.1) is 22.8 Å². The Balaban J connectivity index is -0.000000691. The summed E-state index contributed by atoms with van der Waals surface area (Å²) in [6.07, 6.45) is 0. The predicted octanol–water partition coefficient (Wildman–Crippen LogP) is 5.56. The number of H-pyrrole nitrogens is 4. The number of hydrogen-bond acceptors (Lipinski definition) is 15. The molecule has 0 atom stereocenters. The number of morpholine rings is 1. The fraction of sp³-hybridized carbons (Fsp3) is 0.382. The van der Waals surface area contributed by atoms with Crippen LogP contribution in [0.15, 0.2) is 29.5 Å². The van der Waals surface area contributed by atoms with Crippen molar-refractivity contribution in [2.45, 2.75) is 63.9 Å². The maximum Gasteiger partial charge on any atom is 0.285 e. The number of thiol groups is 1. The largest absolute Gasteiger partial charge is 0.379 e. The summed E-state index contributed by atoms with van der Waals surface area (Å²) in [5.74, 6) is -1.98. The van der Waals surface area contributed by atoms with E-state index in [-0.39, 0.29) is 71.5 Å².